The Morgan fingerprint density at radius 3 is 2.77 bits per heavy atom. The van der Waals surface area contributed by atoms with E-state index in [1.165, 1.54) is 50.9 Å². The van der Waals surface area contributed by atoms with Crippen LogP contribution >= 0.6 is 0 Å². The van der Waals surface area contributed by atoms with Crippen LogP contribution in [0.5, 0.6) is 5.75 Å². The lowest BCUT2D eigenvalue weighted by Crippen LogP contribution is -2.40. The van der Waals surface area contributed by atoms with Crippen molar-refractivity contribution in [3.05, 3.63) is 29.3 Å². The van der Waals surface area contributed by atoms with E-state index >= 15 is 0 Å². The maximum atomic E-state index is 9.05. The van der Waals surface area contributed by atoms with E-state index in [1.54, 1.807) is 7.11 Å². The van der Waals surface area contributed by atoms with E-state index in [1.807, 2.05) is 18.2 Å². The first-order valence-electron chi connectivity index (χ1n) is 8.33. The molecule has 118 valence electrons. The van der Waals surface area contributed by atoms with Gasteiger partial charge in [-0.1, -0.05) is 6.07 Å². The van der Waals surface area contributed by atoms with Crippen molar-refractivity contribution < 1.29 is 4.74 Å². The van der Waals surface area contributed by atoms with Crippen LogP contribution in [0.4, 0.5) is 0 Å². The van der Waals surface area contributed by atoms with Crippen LogP contribution in [0.15, 0.2) is 18.2 Å². The summed E-state index contributed by atoms with van der Waals surface area (Å²) in [5.74, 6) is 1.54. The summed E-state index contributed by atoms with van der Waals surface area (Å²) in [7, 11) is 1.63. The zero-order valence-corrected chi connectivity index (χ0v) is 13.3. The monoisotopic (exact) mass is 299 g/mol. The van der Waals surface area contributed by atoms with Gasteiger partial charge < -0.3 is 10.1 Å². The first-order chi connectivity index (χ1) is 10.8. The van der Waals surface area contributed by atoms with Gasteiger partial charge in [0.1, 0.15) is 11.8 Å². The molecule has 2 heterocycles. The van der Waals surface area contributed by atoms with Crippen molar-refractivity contribution in [2.45, 2.75) is 38.3 Å². The van der Waals surface area contributed by atoms with Crippen molar-refractivity contribution in [3.63, 3.8) is 0 Å². The van der Waals surface area contributed by atoms with Gasteiger partial charge in [0.2, 0.25) is 0 Å². The topological polar surface area (TPSA) is 48.3 Å². The smallest absolute Gasteiger partial charge is 0.136 e. The molecule has 3 rings (SSSR count). The van der Waals surface area contributed by atoms with Crippen molar-refractivity contribution >= 4 is 0 Å². The summed E-state index contributed by atoms with van der Waals surface area (Å²) in [6.07, 6.45) is 5.30. The van der Waals surface area contributed by atoms with Gasteiger partial charge in [-0.05, 0) is 68.9 Å². The quantitative estimate of drug-likeness (QED) is 0.928. The third-order valence-electron chi connectivity index (χ3n) is 5.09. The third kappa shape index (κ3) is 3.43. The van der Waals surface area contributed by atoms with E-state index in [4.69, 9.17) is 10.00 Å². The zero-order valence-electron chi connectivity index (χ0n) is 13.3. The van der Waals surface area contributed by atoms with E-state index in [0.29, 0.717) is 11.3 Å². The second-order valence-electron chi connectivity index (χ2n) is 6.46. The second-order valence-corrected chi connectivity index (χ2v) is 6.46. The Balaban J connectivity index is 1.55. The molecular weight excluding hydrogens is 274 g/mol. The zero-order chi connectivity index (χ0) is 15.4. The highest BCUT2D eigenvalue weighted by Crippen LogP contribution is 2.27. The van der Waals surface area contributed by atoms with Crippen LogP contribution in [-0.4, -0.2) is 37.7 Å². The fourth-order valence-electron chi connectivity index (χ4n) is 3.81. The van der Waals surface area contributed by atoms with Gasteiger partial charge in [-0.3, -0.25) is 4.90 Å². The number of nitriles is 1. The molecule has 0 aliphatic carbocycles. The van der Waals surface area contributed by atoms with Crippen LogP contribution in [-0.2, 0) is 6.54 Å². The predicted molar refractivity (Wildman–Crippen MR) is 86.7 cm³/mol. The highest BCUT2D eigenvalue weighted by atomic mass is 16.5. The van der Waals surface area contributed by atoms with Crippen molar-refractivity contribution in [2.24, 2.45) is 5.92 Å². The Morgan fingerprint density at radius 1 is 1.32 bits per heavy atom. The van der Waals surface area contributed by atoms with Crippen LogP contribution in [0.3, 0.4) is 0 Å². The molecule has 0 amide bonds. The normalized spacial score (nSPS) is 23.4. The molecule has 1 N–H and O–H groups in total. The van der Waals surface area contributed by atoms with Gasteiger partial charge in [-0.25, -0.2) is 0 Å². The molecule has 2 saturated heterocycles. The molecule has 0 spiro atoms. The molecule has 4 nitrogen and oxygen atoms in total. The molecule has 2 aliphatic heterocycles. The van der Waals surface area contributed by atoms with Crippen LogP contribution in [0, 0.1) is 17.2 Å². The van der Waals surface area contributed by atoms with Gasteiger partial charge in [-0.2, -0.15) is 5.26 Å². The fourth-order valence-corrected chi connectivity index (χ4v) is 3.81. The van der Waals surface area contributed by atoms with Gasteiger partial charge >= 0.3 is 0 Å². The molecule has 1 atom stereocenters. The number of methoxy groups -OCH3 is 1. The van der Waals surface area contributed by atoms with Gasteiger partial charge in [0.05, 0.1) is 12.7 Å². The highest BCUT2D eigenvalue weighted by Gasteiger charge is 2.28. The van der Waals surface area contributed by atoms with E-state index in [-0.39, 0.29) is 0 Å². The van der Waals surface area contributed by atoms with E-state index in [0.717, 1.165) is 18.5 Å². The summed E-state index contributed by atoms with van der Waals surface area (Å²) in [5, 5.41) is 12.7. The molecule has 1 aromatic carbocycles. The largest absolute Gasteiger partial charge is 0.495 e. The minimum atomic E-state index is 0.609. The number of nitrogens with zero attached hydrogens (tertiary/aromatic N) is 2. The number of piperidine rings is 1. The number of nitrogens with one attached hydrogen (secondary N) is 1. The van der Waals surface area contributed by atoms with Crippen LogP contribution < -0.4 is 10.1 Å². The van der Waals surface area contributed by atoms with Gasteiger partial charge in [0, 0.05) is 12.6 Å². The van der Waals surface area contributed by atoms with Crippen molar-refractivity contribution in [1.82, 2.24) is 10.2 Å². The minimum absolute atomic E-state index is 0.609. The molecule has 2 fully saturated rings. The number of likely N-dealkylation sites (tertiary alicyclic amines) is 1. The summed E-state index contributed by atoms with van der Waals surface area (Å²) in [6, 6.07) is 8.84. The van der Waals surface area contributed by atoms with Crippen molar-refractivity contribution in [1.29, 1.82) is 5.26 Å². The van der Waals surface area contributed by atoms with Crippen LogP contribution in [0.25, 0.3) is 0 Å². The predicted octanol–water partition coefficient (Wildman–Crippen LogP) is 2.53. The number of hydrogen-bond donors (Lipinski definition) is 1. The lowest BCUT2D eigenvalue weighted by Gasteiger charge is -2.35. The Labute approximate surface area is 133 Å². The lowest BCUT2D eigenvalue weighted by molar-refractivity contribution is 0.157. The van der Waals surface area contributed by atoms with E-state index in [2.05, 4.69) is 16.3 Å². The third-order valence-corrected chi connectivity index (χ3v) is 5.09. The van der Waals surface area contributed by atoms with Gasteiger partial charge in [-0.15, -0.1) is 0 Å². The Kier molecular flexibility index (Phi) is 4.97. The molecular formula is C18H25N3O. The standard InChI is InChI=1S/C18H25N3O/c1-22-18-11-14(4-5-16(18)12-19)13-21-9-6-15(7-10-21)17-3-2-8-20-17/h4-5,11,15,17,20H,2-3,6-10,13H2,1H3. The number of ether oxygens (including phenoxy) is 1. The lowest BCUT2D eigenvalue weighted by atomic mass is 9.88. The van der Waals surface area contributed by atoms with E-state index in [9.17, 15) is 0 Å². The molecule has 0 bridgehead atoms. The summed E-state index contributed by atoms with van der Waals surface area (Å²) in [5.41, 5.74) is 1.84. The minimum Gasteiger partial charge on any atom is -0.495 e. The fraction of sp³-hybridized carbons (Fsp3) is 0.611. The second kappa shape index (κ2) is 7.13. The Hall–Kier alpha value is -1.57. The van der Waals surface area contributed by atoms with Crippen molar-refractivity contribution in [2.75, 3.05) is 26.7 Å². The number of hydrogen-bond acceptors (Lipinski definition) is 4. The summed E-state index contributed by atoms with van der Waals surface area (Å²) in [6.45, 7) is 4.50. The molecule has 1 unspecified atom stereocenters. The van der Waals surface area contributed by atoms with Crippen molar-refractivity contribution in [3.8, 4) is 11.8 Å². The average molecular weight is 299 g/mol. The Morgan fingerprint density at radius 2 is 2.14 bits per heavy atom. The SMILES string of the molecule is COc1cc(CN2CCC(C3CCCN3)CC2)ccc1C#N. The number of rotatable bonds is 4. The summed E-state index contributed by atoms with van der Waals surface area (Å²) < 4.78 is 5.30. The molecule has 22 heavy (non-hydrogen) atoms. The first kappa shape index (κ1) is 15.3. The maximum Gasteiger partial charge on any atom is 0.136 e. The van der Waals surface area contributed by atoms with E-state index < -0.39 is 0 Å². The van der Waals surface area contributed by atoms with Gasteiger partial charge in [0.15, 0.2) is 0 Å². The summed E-state index contributed by atoms with van der Waals surface area (Å²) in [4.78, 5) is 2.52. The Bertz CT molecular complexity index is 538. The summed E-state index contributed by atoms with van der Waals surface area (Å²) >= 11 is 0. The first-order valence-corrected chi connectivity index (χ1v) is 8.33. The van der Waals surface area contributed by atoms with Crippen LogP contribution in [0.1, 0.15) is 36.8 Å². The maximum absolute atomic E-state index is 9.05. The molecule has 2 aliphatic rings. The molecule has 4 heteroatoms. The van der Waals surface area contributed by atoms with Crippen LogP contribution in [0.2, 0.25) is 0 Å². The molecule has 1 aromatic rings. The van der Waals surface area contributed by atoms with Gasteiger partial charge in [0.25, 0.3) is 0 Å². The number of benzene rings is 1. The highest BCUT2D eigenvalue weighted by molar-refractivity contribution is 5.45. The average Bonchev–Trinajstić information content (AvgIpc) is 3.10. The molecule has 0 radical (unpaired) electrons. The molecule has 0 aromatic heterocycles. The molecule has 0 saturated carbocycles.